The molecule has 4 N–H and O–H groups in total. The third kappa shape index (κ3) is 3.59. The molecule has 1 atom stereocenters. The van der Waals surface area contributed by atoms with Crippen LogP contribution in [0.2, 0.25) is 0 Å². The van der Waals surface area contributed by atoms with Crippen LogP contribution < -0.4 is 11.1 Å². The SMILES string of the molecule is CC(CO)CNC(=O)c1cn(CCN)nn1. The highest BCUT2D eigenvalue weighted by Gasteiger charge is 2.11. The molecule has 0 fully saturated rings. The summed E-state index contributed by atoms with van der Waals surface area (Å²) >= 11 is 0. The molecule has 1 rings (SSSR count). The highest BCUT2D eigenvalue weighted by atomic mass is 16.3. The Morgan fingerprint density at radius 1 is 1.75 bits per heavy atom. The molecule has 1 aromatic rings. The van der Waals surface area contributed by atoms with Crippen molar-refractivity contribution in [3.63, 3.8) is 0 Å². The molecule has 7 nitrogen and oxygen atoms in total. The minimum absolute atomic E-state index is 0.0306. The number of carbonyl (C=O) groups excluding carboxylic acids is 1. The van der Waals surface area contributed by atoms with E-state index in [4.69, 9.17) is 10.8 Å². The van der Waals surface area contributed by atoms with Gasteiger partial charge in [-0.2, -0.15) is 0 Å². The highest BCUT2D eigenvalue weighted by molar-refractivity contribution is 5.91. The van der Waals surface area contributed by atoms with Crippen LogP contribution in [0.3, 0.4) is 0 Å². The number of aromatic nitrogens is 3. The van der Waals surface area contributed by atoms with Crippen LogP contribution in [0.25, 0.3) is 0 Å². The summed E-state index contributed by atoms with van der Waals surface area (Å²) in [6.07, 6.45) is 1.55. The second-order valence-corrected chi connectivity index (χ2v) is 3.65. The van der Waals surface area contributed by atoms with E-state index in [1.54, 1.807) is 6.20 Å². The van der Waals surface area contributed by atoms with Crippen LogP contribution in [-0.4, -0.2) is 45.7 Å². The molecule has 90 valence electrons. The average molecular weight is 227 g/mol. The predicted molar refractivity (Wildman–Crippen MR) is 57.7 cm³/mol. The molecule has 1 heterocycles. The highest BCUT2D eigenvalue weighted by Crippen LogP contribution is 1.94. The Balaban J connectivity index is 2.46. The molecule has 0 aliphatic rings. The number of amides is 1. The first-order valence-corrected chi connectivity index (χ1v) is 5.16. The van der Waals surface area contributed by atoms with E-state index in [2.05, 4.69) is 15.6 Å². The molecule has 16 heavy (non-hydrogen) atoms. The Morgan fingerprint density at radius 3 is 3.12 bits per heavy atom. The number of aliphatic hydroxyl groups excluding tert-OH is 1. The molecule has 0 aliphatic heterocycles. The number of aliphatic hydroxyl groups is 1. The van der Waals surface area contributed by atoms with Crippen LogP contribution in [0.1, 0.15) is 17.4 Å². The molecule has 0 aromatic carbocycles. The van der Waals surface area contributed by atoms with Crippen molar-refractivity contribution < 1.29 is 9.90 Å². The number of nitrogens with two attached hydrogens (primary N) is 1. The fraction of sp³-hybridized carbons (Fsp3) is 0.667. The van der Waals surface area contributed by atoms with Crippen molar-refractivity contribution >= 4 is 5.91 Å². The quantitative estimate of drug-likeness (QED) is 0.554. The minimum Gasteiger partial charge on any atom is -0.396 e. The fourth-order valence-electron chi connectivity index (χ4n) is 1.07. The topological polar surface area (TPSA) is 106 Å². The summed E-state index contributed by atoms with van der Waals surface area (Å²) in [5.41, 5.74) is 5.61. The van der Waals surface area contributed by atoms with Crippen LogP contribution in [-0.2, 0) is 6.54 Å². The van der Waals surface area contributed by atoms with E-state index in [1.807, 2.05) is 6.92 Å². The summed E-state index contributed by atoms with van der Waals surface area (Å²) in [4.78, 5) is 11.5. The number of nitrogens with zero attached hydrogens (tertiary/aromatic N) is 3. The standard InChI is InChI=1S/C9H17N5O2/c1-7(6-15)4-11-9(16)8-5-14(3-2-10)13-12-8/h5,7,15H,2-4,6,10H2,1H3,(H,11,16). The molecule has 1 amide bonds. The molecule has 0 spiro atoms. The summed E-state index contributed by atoms with van der Waals surface area (Å²) in [6, 6.07) is 0. The van der Waals surface area contributed by atoms with Crippen molar-refractivity contribution in [3.05, 3.63) is 11.9 Å². The van der Waals surface area contributed by atoms with Crippen LogP contribution >= 0.6 is 0 Å². The van der Waals surface area contributed by atoms with Gasteiger partial charge in [-0.05, 0) is 5.92 Å². The van der Waals surface area contributed by atoms with Gasteiger partial charge in [0, 0.05) is 19.7 Å². The summed E-state index contributed by atoms with van der Waals surface area (Å²) in [5.74, 6) is -0.258. The van der Waals surface area contributed by atoms with Crippen LogP contribution in [0.4, 0.5) is 0 Å². The van der Waals surface area contributed by atoms with Gasteiger partial charge in [-0.15, -0.1) is 5.10 Å². The van der Waals surface area contributed by atoms with Crippen molar-refractivity contribution in [2.75, 3.05) is 19.7 Å². The molecule has 0 saturated carbocycles. The fourth-order valence-corrected chi connectivity index (χ4v) is 1.07. The smallest absolute Gasteiger partial charge is 0.273 e. The Morgan fingerprint density at radius 2 is 2.50 bits per heavy atom. The molecule has 1 aromatic heterocycles. The van der Waals surface area contributed by atoms with Gasteiger partial charge in [0.2, 0.25) is 0 Å². The van der Waals surface area contributed by atoms with Crippen molar-refractivity contribution in [2.24, 2.45) is 11.7 Å². The molecule has 0 radical (unpaired) electrons. The summed E-state index contributed by atoms with van der Waals surface area (Å²) in [5, 5.41) is 18.9. The van der Waals surface area contributed by atoms with Gasteiger partial charge in [0.05, 0.1) is 12.7 Å². The zero-order chi connectivity index (χ0) is 12.0. The summed E-state index contributed by atoms with van der Waals surface area (Å²) < 4.78 is 1.52. The van der Waals surface area contributed by atoms with E-state index < -0.39 is 0 Å². The van der Waals surface area contributed by atoms with E-state index in [1.165, 1.54) is 4.68 Å². The van der Waals surface area contributed by atoms with Gasteiger partial charge < -0.3 is 16.2 Å². The lowest BCUT2D eigenvalue weighted by atomic mass is 10.2. The van der Waals surface area contributed by atoms with Crippen molar-refractivity contribution in [2.45, 2.75) is 13.5 Å². The maximum atomic E-state index is 11.5. The Hall–Kier alpha value is -1.47. The van der Waals surface area contributed by atoms with Crippen molar-refractivity contribution in [3.8, 4) is 0 Å². The van der Waals surface area contributed by atoms with E-state index >= 15 is 0 Å². The first-order valence-electron chi connectivity index (χ1n) is 5.16. The first-order chi connectivity index (χ1) is 7.67. The average Bonchev–Trinajstić information content (AvgIpc) is 2.74. The molecule has 0 aliphatic carbocycles. The van der Waals surface area contributed by atoms with Gasteiger partial charge in [-0.25, -0.2) is 0 Å². The van der Waals surface area contributed by atoms with Gasteiger partial charge >= 0.3 is 0 Å². The number of carbonyl (C=O) groups is 1. The van der Waals surface area contributed by atoms with Gasteiger partial charge in [-0.3, -0.25) is 9.48 Å². The molecular weight excluding hydrogens is 210 g/mol. The zero-order valence-electron chi connectivity index (χ0n) is 9.26. The lowest BCUT2D eigenvalue weighted by Crippen LogP contribution is -2.29. The van der Waals surface area contributed by atoms with Crippen molar-refractivity contribution in [1.29, 1.82) is 0 Å². The number of hydrogen-bond acceptors (Lipinski definition) is 5. The molecule has 0 saturated heterocycles. The first kappa shape index (κ1) is 12.6. The van der Waals surface area contributed by atoms with Gasteiger partial charge in [0.15, 0.2) is 5.69 Å². The number of nitrogens with one attached hydrogen (secondary N) is 1. The molecular formula is C9H17N5O2. The van der Waals surface area contributed by atoms with Crippen molar-refractivity contribution in [1.82, 2.24) is 20.3 Å². The minimum atomic E-state index is -0.288. The zero-order valence-corrected chi connectivity index (χ0v) is 9.26. The Kier molecular flexibility index (Phi) is 4.87. The van der Waals surface area contributed by atoms with E-state index in [0.717, 1.165) is 0 Å². The van der Waals surface area contributed by atoms with Crippen LogP contribution in [0.5, 0.6) is 0 Å². The lowest BCUT2D eigenvalue weighted by molar-refractivity contribution is 0.0937. The Bertz CT molecular complexity index is 338. The number of hydrogen-bond donors (Lipinski definition) is 3. The predicted octanol–water partition coefficient (Wildman–Crippen LogP) is -1.40. The van der Waals surface area contributed by atoms with Crippen LogP contribution in [0.15, 0.2) is 6.20 Å². The van der Waals surface area contributed by atoms with Gasteiger partial charge in [0.1, 0.15) is 0 Å². The van der Waals surface area contributed by atoms with E-state index in [-0.39, 0.29) is 24.1 Å². The maximum absolute atomic E-state index is 11.5. The number of rotatable bonds is 6. The monoisotopic (exact) mass is 227 g/mol. The third-order valence-corrected chi connectivity index (χ3v) is 2.05. The van der Waals surface area contributed by atoms with Crippen LogP contribution in [0, 0.1) is 5.92 Å². The Labute approximate surface area is 93.6 Å². The second-order valence-electron chi connectivity index (χ2n) is 3.65. The van der Waals surface area contributed by atoms with E-state index in [0.29, 0.717) is 19.6 Å². The molecule has 1 unspecified atom stereocenters. The van der Waals surface area contributed by atoms with E-state index in [9.17, 15) is 4.79 Å². The maximum Gasteiger partial charge on any atom is 0.273 e. The third-order valence-electron chi connectivity index (χ3n) is 2.05. The van der Waals surface area contributed by atoms with Gasteiger partial charge in [0.25, 0.3) is 5.91 Å². The lowest BCUT2D eigenvalue weighted by Gasteiger charge is -2.07. The summed E-state index contributed by atoms with van der Waals surface area (Å²) in [7, 11) is 0. The van der Waals surface area contributed by atoms with Gasteiger partial charge in [-0.1, -0.05) is 12.1 Å². The second kappa shape index (κ2) is 6.19. The normalized spacial score (nSPS) is 12.4. The molecule has 0 bridgehead atoms. The summed E-state index contributed by atoms with van der Waals surface area (Å²) in [6.45, 7) is 3.28. The largest absolute Gasteiger partial charge is 0.396 e. The molecule has 7 heteroatoms.